The molecule has 0 radical (unpaired) electrons. The van der Waals surface area contributed by atoms with Gasteiger partial charge >= 0.3 is 5.97 Å². The molecule has 0 bridgehead atoms. The molecule has 0 saturated carbocycles. The number of hydrogen-bond donors (Lipinski definition) is 0. The summed E-state index contributed by atoms with van der Waals surface area (Å²) in [5, 5.41) is 2.11. The minimum absolute atomic E-state index is 0.230. The summed E-state index contributed by atoms with van der Waals surface area (Å²) in [6, 6.07) is 9.80. The van der Waals surface area contributed by atoms with Gasteiger partial charge in [-0.25, -0.2) is 0 Å². The predicted octanol–water partition coefficient (Wildman–Crippen LogP) is 3.89. The minimum Gasteiger partial charge on any atom is -0.496 e. The Morgan fingerprint density at radius 1 is 1.21 bits per heavy atom. The van der Waals surface area contributed by atoms with Crippen LogP contribution in [0.15, 0.2) is 34.8 Å². The van der Waals surface area contributed by atoms with E-state index in [0.717, 1.165) is 26.6 Å². The van der Waals surface area contributed by atoms with E-state index in [0.29, 0.717) is 0 Å². The molecule has 2 rings (SSSR count). The number of methoxy groups -OCH3 is 2. The molecule has 19 heavy (non-hydrogen) atoms. The molecule has 0 fully saturated rings. The van der Waals surface area contributed by atoms with Crippen molar-refractivity contribution in [3.63, 3.8) is 0 Å². The molecule has 4 heteroatoms. The Morgan fingerprint density at radius 2 is 1.95 bits per heavy atom. The van der Waals surface area contributed by atoms with Gasteiger partial charge in [0.2, 0.25) is 0 Å². The number of fused-ring (bicyclic) bond motifs is 1. The van der Waals surface area contributed by atoms with Gasteiger partial charge in [-0.15, -0.1) is 0 Å². The summed E-state index contributed by atoms with van der Waals surface area (Å²) >= 11 is 3.53. The zero-order chi connectivity index (χ0) is 14.0. The van der Waals surface area contributed by atoms with E-state index in [1.54, 1.807) is 7.11 Å². The van der Waals surface area contributed by atoms with Crippen LogP contribution in [0.1, 0.15) is 18.4 Å². The molecule has 0 heterocycles. The van der Waals surface area contributed by atoms with Gasteiger partial charge in [-0.1, -0.05) is 24.3 Å². The fraction of sp³-hybridized carbons (Fsp3) is 0.267. The van der Waals surface area contributed by atoms with Crippen LogP contribution < -0.4 is 4.74 Å². The Labute approximate surface area is 120 Å². The molecule has 100 valence electrons. The average molecular weight is 323 g/mol. The summed E-state index contributed by atoms with van der Waals surface area (Å²) in [4.78, 5) is 11.6. The Kier molecular flexibility index (Phi) is 4.10. The summed E-state index contributed by atoms with van der Waals surface area (Å²) in [6.07, 6.45) is 0. The van der Waals surface area contributed by atoms with Crippen LogP contribution in [-0.2, 0) is 9.53 Å². The maximum Gasteiger partial charge on any atom is 0.312 e. The van der Waals surface area contributed by atoms with Crippen molar-refractivity contribution < 1.29 is 14.3 Å². The van der Waals surface area contributed by atoms with Crippen LogP contribution >= 0.6 is 15.9 Å². The molecule has 3 nitrogen and oxygen atoms in total. The first-order valence-corrected chi connectivity index (χ1v) is 6.71. The largest absolute Gasteiger partial charge is 0.496 e. The first kappa shape index (κ1) is 13.9. The molecule has 2 aromatic carbocycles. The van der Waals surface area contributed by atoms with E-state index >= 15 is 0 Å². The van der Waals surface area contributed by atoms with E-state index in [4.69, 9.17) is 9.47 Å². The molecule has 0 saturated heterocycles. The molecule has 0 aliphatic rings. The standard InChI is InChI=1S/C15H15BrO3/c1-9(15(17)19-3)10-4-6-12-11(8-10)5-7-13(18-2)14(12)16/h4-9H,1-3H3. The van der Waals surface area contributed by atoms with Gasteiger partial charge in [0.1, 0.15) is 5.75 Å². The number of rotatable bonds is 3. The van der Waals surface area contributed by atoms with Crippen LogP contribution in [0.4, 0.5) is 0 Å². The quantitative estimate of drug-likeness (QED) is 0.804. The molecule has 1 atom stereocenters. The lowest BCUT2D eigenvalue weighted by Gasteiger charge is -2.12. The Morgan fingerprint density at radius 3 is 2.58 bits per heavy atom. The summed E-state index contributed by atoms with van der Waals surface area (Å²) in [5.74, 6) is 0.295. The molecule has 0 N–H and O–H groups in total. The van der Waals surface area contributed by atoms with Crippen molar-refractivity contribution in [3.05, 3.63) is 40.4 Å². The second-order valence-corrected chi connectivity index (χ2v) is 5.10. The van der Waals surface area contributed by atoms with Gasteiger partial charge in [-0.05, 0) is 45.3 Å². The van der Waals surface area contributed by atoms with Crippen molar-refractivity contribution in [1.29, 1.82) is 0 Å². The highest BCUT2D eigenvalue weighted by molar-refractivity contribution is 9.10. The van der Waals surface area contributed by atoms with Gasteiger partial charge in [0.25, 0.3) is 0 Å². The molecule has 2 aromatic rings. The normalized spacial score (nSPS) is 12.2. The van der Waals surface area contributed by atoms with Crippen LogP contribution in [0.25, 0.3) is 10.8 Å². The lowest BCUT2D eigenvalue weighted by molar-refractivity contribution is -0.141. The number of carbonyl (C=O) groups excluding carboxylic acids is 1. The fourth-order valence-corrected chi connectivity index (χ4v) is 2.69. The second kappa shape index (κ2) is 5.61. The third-order valence-corrected chi connectivity index (χ3v) is 4.04. The highest BCUT2D eigenvalue weighted by Gasteiger charge is 2.16. The van der Waals surface area contributed by atoms with E-state index in [-0.39, 0.29) is 11.9 Å². The zero-order valence-corrected chi connectivity index (χ0v) is 12.7. The Balaban J connectivity index is 2.50. The van der Waals surface area contributed by atoms with Crippen molar-refractivity contribution in [2.24, 2.45) is 0 Å². The summed E-state index contributed by atoms with van der Waals surface area (Å²) in [5.41, 5.74) is 0.941. The van der Waals surface area contributed by atoms with Crippen molar-refractivity contribution in [2.75, 3.05) is 14.2 Å². The summed E-state index contributed by atoms with van der Waals surface area (Å²) in [7, 11) is 3.04. The molecule has 1 unspecified atom stereocenters. The Hall–Kier alpha value is -1.55. The van der Waals surface area contributed by atoms with E-state index < -0.39 is 0 Å². The zero-order valence-electron chi connectivity index (χ0n) is 11.1. The van der Waals surface area contributed by atoms with E-state index in [1.807, 2.05) is 37.3 Å². The smallest absolute Gasteiger partial charge is 0.312 e. The Bertz CT molecular complexity index is 622. The third-order valence-electron chi connectivity index (χ3n) is 3.22. The molecular formula is C15H15BrO3. The van der Waals surface area contributed by atoms with Crippen molar-refractivity contribution in [1.82, 2.24) is 0 Å². The van der Waals surface area contributed by atoms with Gasteiger partial charge in [0.15, 0.2) is 0 Å². The maximum absolute atomic E-state index is 11.6. The minimum atomic E-state index is -0.268. The molecule has 0 aliphatic carbocycles. The van der Waals surface area contributed by atoms with Crippen molar-refractivity contribution in [3.8, 4) is 5.75 Å². The van der Waals surface area contributed by atoms with Gasteiger partial charge in [-0.3, -0.25) is 4.79 Å². The number of halogens is 1. The van der Waals surface area contributed by atoms with Gasteiger partial charge < -0.3 is 9.47 Å². The molecule has 0 amide bonds. The van der Waals surface area contributed by atoms with E-state index in [2.05, 4.69) is 15.9 Å². The van der Waals surface area contributed by atoms with Crippen LogP contribution in [0.3, 0.4) is 0 Å². The first-order valence-electron chi connectivity index (χ1n) is 5.92. The van der Waals surface area contributed by atoms with E-state index in [9.17, 15) is 4.79 Å². The average Bonchev–Trinajstić information content (AvgIpc) is 2.45. The van der Waals surface area contributed by atoms with Gasteiger partial charge in [0, 0.05) is 0 Å². The SMILES string of the molecule is COC(=O)C(C)c1ccc2c(Br)c(OC)ccc2c1. The van der Waals surface area contributed by atoms with Crippen molar-refractivity contribution >= 4 is 32.7 Å². The number of carbonyl (C=O) groups is 1. The number of benzene rings is 2. The maximum atomic E-state index is 11.6. The van der Waals surface area contributed by atoms with Gasteiger partial charge in [0.05, 0.1) is 24.6 Å². The number of hydrogen-bond acceptors (Lipinski definition) is 3. The van der Waals surface area contributed by atoms with Crippen LogP contribution in [0.2, 0.25) is 0 Å². The molecule has 0 aliphatic heterocycles. The predicted molar refractivity (Wildman–Crippen MR) is 78.6 cm³/mol. The summed E-state index contributed by atoms with van der Waals surface area (Å²) < 4.78 is 11.0. The highest BCUT2D eigenvalue weighted by Crippen LogP contribution is 2.34. The monoisotopic (exact) mass is 322 g/mol. The van der Waals surface area contributed by atoms with E-state index in [1.165, 1.54) is 7.11 Å². The number of esters is 1. The van der Waals surface area contributed by atoms with Crippen LogP contribution in [0, 0.1) is 0 Å². The van der Waals surface area contributed by atoms with Gasteiger partial charge in [-0.2, -0.15) is 0 Å². The first-order chi connectivity index (χ1) is 9.08. The lowest BCUT2D eigenvalue weighted by atomic mass is 9.98. The topological polar surface area (TPSA) is 35.5 Å². The fourth-order valence-electron chi connectivity index (χ4n) is 2.03. The highest BCUT2D eigenvalue weighted by atomic mass is 79.9. The molecule has 0 aromatic heterocycles. The lowest BCUT2D eigenvalue weighted by Crippen LogP contribution is -2.10. The number of ether oxygens (including phenoxy) is 2. The van der Waals surface area contributed by atoms with Crippen molar-refractivity contribution in [2.45, 2.75) is 12.8 Å². The van der Waals surface area contributed by atoms with Crippen LogP contribution in [0.5, 0.6) is 5.75 Å². The molecular weight excluding hydrogens is 308 g/mol. The van der Waals surface area contributed by atoms with Crippen LogP contribution in [-0.4, -0.2) is 20.2 Å². The molecule has 0 spiro atoms. The summed E-state index contributed by atoms with van der Waals surface area (Å²) in [6.45, 7) is 1.84. The second-order valence-electron chi connectivity index (χ2n) is 4.31. The third kappa shape index (κ3) is 2.59.